The standard InChI is InChI=1S/C24H33FN4O2/c1-3-30-15-13-24(11-4-5-12-24)18-29-23(26-2)28-17-19-8-7-14-27-22(19)31-21-10-6-9-20(25)16-21/h6-10,14,16H,3-5,11-13,15,17-18H2,1-2H3,(H2,26,28,29). The first-order chi connectivity index (χ1) is 15.1. The zero-order valence-corrected chi connectivity index (χ0v) is 18.5. The molecule has 7 heteroatoms. The Morgan fingerprint density at radius 2 is 2.03 bits per heavy atom. The molecular formula is C24H33FN4O2. The van der Waals surface area contributed by atoms with E-state index in [4.69, 9.17) is 9.47 Å². The van der Waals surface area contributed by atoms with Crippen LogP contribution in [0.2, 0.25) is 0 Å². The Kier molecular flexibility index (Phi) is 8.64. The Morgan fingerprint density at radius 1 is 1.19 bits per heavy atom. The van der Waals surface area contributed by atoms with Gasteiger partial charge in [-0.25, -0.2) is 9.37 Å². The van der Waals surface area contributed by atoms with Crippen molar-refractivity contribution in [2.45, 2.75) is 45.6 Å². The zero-order chi connectivity index (χ0) is 21.9. The minimum absolute atomic E-state index is 0.271. The molecule has 1 aromatic heterocycles. The molecule has 0 aliphatic heterocycles. The number of aromatic nitrogens is 1. The van der Waals surface area contributed by atoms with Crippen LogP contribution >= 0.6 is 0 Å². The molecule has 1 aliphatic carbocycles. The molecule has 168 valence electrons. The summed E-state index contributed by atoms with van der Waals surface area (Å²) >= 11 is 0. The Balaban J connectivity index is 1.57. The summed E-state index contributed by atoms with van der Waals surface area (Å²) in [4.78, 5) is 8.68. The van der Waals surface area contributed by atoms with Crippen molar-refractivity contribution >= 4 is 5.96 Å². The number of guanidine groups is 1. The van der Waals surface area contributed by atoms with E-state index in [9.17, 15) is 4.39 Å². The van der Waals surface area contributed by atoms with Crippen LogP contribution in [0.25, 0.3) is 0 Å². The molecule has 0 atom stereocenters. The molecule has 0 radical (unpaired) electrons. The maximum absolute atomic E-state index is 13.5. The molecule has 31 heavy (non-hydrogen) atoms. The molecule has 1 heterocycles. The lowest BCUT2D eigenvalue weighted by molar-refractivity contribution is 0.105. The lowest BCUT2D eigenvalue weighted by Gasteiger charge is -2.30. The van der Waals surface area contributed by atoms with Gasteiger partial charge in [0.05, 0.1) is 0 Å². The van der Waals surface area contributed by atoms with Crippen LogP contribution in [0, 0.1) is 11.2 Å². The number of nitrogens with zero attached hydrogens (tertiary/aromatic N) is 2. The summed E-state index contributed by atoms with van der Waals surface area (Å²) in [5.74, 6) is 1.26. The van der Waals surface area contributed by atoms with Crippen LogP contribution < -0.4 is 15.4 Å². The van der Waals surface area contributed by atoms with Crippen molar-refractivity contribution < 1.29 is 13.9 Å². The number of ether oxygens (including phenoxy) is 2. The number of rotatable bonds is 10. The van der Waals surface area contributed by atoms with Crippen LogP contribution in [-0.4, -0.2) is 37.7 Å². The molecule has 0 saturated heterocycles. The van der Waals surface area contributed by atoms with Gasteiger partial charge in [-0.1, -0.05) is 25.0 Å². The summed E-state index contributed by atoms with van der Waals surface area (Å²) in [6.45, 7) is 4.97. The first-order valence-corrected chi connectivity index (χ1v) is 11.0. The van der Waals surface area contributed by atoms with Gasteiger partial charge in [-0.15, -0.1) is 0 Å². The molecule has 0 unspecified atom stereocenters. The van der Waals surface area contributed by atoms with E-state index in [0.29, 0.717) is 18.2 Å². The highest BCUT2D eigenvalue weighted by Gasteiger charge is 2.33. The van der Waals surface area contributed by atoms with Gasteiger partial charge in [-0.3, -0.25) is 4.99 Å². The smallest absolute Gasteiger partial charge is 0.224 e. The molecular weight excluding hydrogens is 395 g/mol. The summed E-state index contributed by atoms with van der Waals surface area (Å²) in [5, 5.41) is 6.84. The molecule has 1 fully saturated rings. The van der Waals surface area contributed by atoms with E-state index in [-0.39, 0.29) is 11.2 Å². The fraction of sp³-hybridized carbons (Fsp3) is 0.500. The van der Waals surface area contributed by atoms with Gasteiger partial charge in [0.25, 0.3) is 0 Å². The molecule has 1 aliphatic rings. The van der Waals surface area contributed by atoms with Gasteiger partial charge in [0, 0.05) is 51.2 Å². The van der Waals surface area contributed by atoms with E-state index in [1.165, 1.54) is 37.8 Å². The van der Waals surface area contributed by atoms with E-state index in [0.717, 1.165) is 37.7 Å². The van der Waals surface area contributed by atoms with Crippen LogP contribution in [-0.2, 0) is 11.3 Å². The topological polar surface area (TPSA) is 67.8 Å². The molecule has 2 N–H and O–H groups in total. The molecule has 0 spiro atoms. The minimum atomic E-state index is -0.345. The average molecular weight is 429 g/mol. The van der Waals surface area contributed by atoms with Crippen LogP contribution in [0.3, 0.4) is 0 Å². The second-order valence-corrected chi connectivity index (χ2v) is 7.96. The van der Waals surface area contributed by atoms with Gasteiger partial charge in [0.2, 0.25) is 5.88 Å². The third kappa shape index (κ3) is 6.92. The molecule has 1 aromatic carbocycles. The normalized spacial score (nSPS) is 15.6. The third-order valence-electron chi connectivity index (χ3n) is 5.81. The highest BCUT2D eigenvalue weighted by molar-refractivity contribution is 5.79. The fourth-order valence-electron chi connectivity index (χ4n) is 4.04. The van der Waals surface area contributed by atoms with Gasteiger partial charge in [-0.2, -0.15) is 0 Å². The highest BCUT2D eigenvalue weighted by atomic mass is 19.1. The molecule has 0 bridgehead atoms. The molecule has 6 nitrogen and oxygen atoms in total. The maximum atomic E-state index is 13.5. The zero-order valence-electron chi connectivity index (χ0n) is 18.5. The summed E-state index contributed by atoms with van der Waals surface area (Å²) in [7, 11) is 1.77. The Morgan fingerprint density at radius 3 is 2.77 bits per heavy atom. The van der Waals surface area contributed by atoms with Crippen molar-refractivity contribution in [3.8, 4) is 11.6 Å². The predicted octanol–water partition coefficient (Wildman–Crippen LogP) is 4.67. The maximum Gasteiger partial charge on any atom is 0.224 e. The van der Waals surface area contributed by atoms with Gasteiger partial charge >= 0.3 is 0 Å². The monoisotopic (exact) mass is 428 g/mol. The van der Waals surface area contributed by atoms with Crippen molar-refractivity contribution in [1.82, 2.24) is 15.6 Å². The predicted molar refractivity (Wildman–Crippen MR) is 121 cm³/mol. The van der Waals surface area contributed by atoms with Crippen LogP contribution in [0.15, 0.2) is 47.6 Å². The van der Waals surface area contributed by atoms with Gasteiger partial charge in [0.1, 0.15) is 11.6 Å². The number of nitrogens with one attached hydrogen (secondary N) is 2. The fourth-order valence-corrected chi connectivity index (χ4v) is 4.04. The number of hydrogen-bond donors (Lipinski definition) is 2. The van der Waals surface area contributed by atoms with E-state index in [1.54, 1.807) is 25.4 Å². The number of aliphatic imine (C=N–C) groups is 1. The van der Waals surface area contributed by atoms with Crippen molar-refractivity contribution in [3.05, 3.63) is 54.0 Å². The first-order valence-electron chi connectivity index (χ1n) is 11.0. The van der Waals surface area contributed by atoms with Gasteiger partial charge < -0.3 is 20.1 Å². The lowest BCUT2D eigenvalue weighted by atomic mass is 9.83. The van der Waals surface area contributed by atoms with Crippen molar-refractivity contribution in [1.29, 1.82) is 0 Å². The van der Waals surface area contributed by atoms with E-state index < -0.39 is 0 Å². The van der Waals surface area contributed by atoms with Crippen LogP contribution in [0.1, 0.15) is 44.6 Å². The van der Waals surface area contributed by atoms with E-state index in [1.807, 2.05) is 19.1 Å². The highest BCUT2D eigenvalue weighted by Crippen LogP contribution is 2.40. The quantitative estimate of drug-likeness (QED) is 0.327. The molecule has 1 saturated carbocycles. The van der Waals surface area contributed by atoms with Crippen LogP contribution in [0.4, 0.5) is 4.39 Å². The largest absolute Gasteiger partial charge is 0.439 e. The Labute approximate surface area is 184 Å². The Bertz CT molecular complexity index is 853. The van der Waals surface area contributed by atoms with Gasteiger partial charge in [0.15, 0.2) is 5.96 Å². The molecule has 3 rings (SSSR count). The van der Waals surface area contributed by atoms with E-state index in [2.05, 4.69) is 20.6 Å². The SMILES string of the molecule is CCOCCC1(CNC(=NC)NCc2cccnc2Oc2cccc(F)c2)CCCC1. The summed E-state index contributed by atoms with van der Waals surface area (Å²) in [5.41, 5.74) is 1.13. The first kappa shape index (κ1) is 23.0. The Hall–Kier alpha value is -2.67. The van der Waals surface area contributed by atoms with Gasteiger partial charge in [-0.05, 0) is 49.8 Å². The van der Waals surface area contributed by atoms with Crippen LogP contribution in [0.5, 0.6) is 11.6 Å². The number of halogens is 1. The van der Waals surface area contributed by atoms with Crippen molar-refractivity contribution in [2.24, 2.45) is 10.4 Å². The summed E-state index contributed by atoms with van der Waals surface area (Å²) in [6, 6.07) is 9.83. The summed E-state index contributed by atoms with van der Waals surface area (Å²) < 4.78 is 24.9. The molecule has 0 amide bonds. The van der Waals surface area contributed by atoms with Crippen molar-refractivity contribution in [3.63, 3.8) is 0 Å². The second kappa shape index (κ2) is 11.6. The summed E-state index contributed by atoms with van der Waals surface area (Å²) in [6.07, 6.45) is 7.72. The average Bonchev–Trinajstić information content (AvgIpc) is 3.24. The molecule has 2 aromatic rings. The number of hydrogen-bond acceptors (Lipinski definition) is 4. The second-order valence-electron chi connectivity index (χ2n) is 7.96. The van der Waals surface area contributed by atoms with Crippen molar-refractivity contribution in [2.75, 3.05) is 26.8 Å². The third-order valence-corrected chi connectivity index (χ3v) is 5.81. The van der Waals surface area contributed by atoms with E-state index >= 15 is 0 Å². The number of benzene rings is 1. The number of pyridine rings is 1. The lowest BCUT2D eigenvalue weighted by Crippen LogP contribution is -2.43. The minimum Gasteiger partial charge on any atom is -0.439 e.